The van der Waals surface area contributed by atoms with Crippen molar-refractivity contribution >= 4 is 11.6 Å². The fraction of sp³-hybridized carbons (Fsp3) is 0.158. The van der Waals surface area contributed by atoms with Crippen LogP contribution in [0.15, 0.2) is 54.7 Å². The Labute approximate surface area is 156 Å². The Balaban J connectivity index is 1.84. The van der Waals surface area contributed by atoms with Crippen LogP contribution in [0.3, 0.4) is 0 Å². The van der Waals surface area contributed by atoms with Gasteiger partial charge in [-0.05, 0) is 49.4 Å². The number of hydrogen-bond acceptors (Lipinski definition) is 2. The molecule has 2 aromatic carbocycles. The van der Waals surface area contributed by atoms with Gasteiger partial charge in [0.2, 0.25) is 0 Å². The van der Waals surface area contributed by atoms with Crippen molar-refractivity contribution in [2.45, 2.75) is 13.1 Å². The lowest BCUT2D eigenvalue weighted by Gasteiger charge is -2.21. The number of alkyl halides is 3. The third-order valence-electron chi connectivity index (χ3n) is 4.03. The second kappa shape index (κ2) is 7.41. The molecule has 1 heterocycles. The van der Waals surface area contributed by atoms with E-state index >= 15 is 0 Å². The number of rotatable bonds is 4. The van der Waals surface area contributed by atoms with Crippen molar-refractivity contribution < 1.29 is 26.7 Å². The predicted molar refractivity (Wildman–Crippen MR) is 92.3 cm³/mol. The Hall–Kier alpha value is -3.23. The van der Waals surface area contributed by atoms with Crippen molar-refractivity contribution in [3.05, 3.63) is 77.6 Å². The highest BCUT2D eigenvalue weighted by Gasteiger charge is 2.33. The number of amides is 1. The van der Waals surface area contributed by atoms with Gasteiger partial charge in [-0.2, -0.15) is 18.3 Å². The van der Waals surface area contributed by atoms with Crippen molar-refractivity contribution in [3.8, 4) is 5.69 Å². The lowest BCUT2D eigenvalue weighted by Crippen LogP contribution is -2.30. The molecule has 0 saturated heterocycles. The van der Waals surface area contributed by atoms with Crippen LogP contribution in [0, 0.1) is 11.6 Å². The second-order valence-corrected chi connectivity index (χ2v) is 5.84. The SMILES string of the molecule is CCN(C(=O)c1ccc(-n2ccc(C(F)(F)F)n2)cc1)c1ccc(F)c(F)c1. The molecule has 0 bridgehead atoms. The zero-order valence-electron chi connectivity index (χ0n) is 14.5. The summed E-state index contributed by atoms with van der Waals surface area (Å²) in [4.78, 5) is 14.0. The molecule has 0 aliphatic rings. The van der Waals surface area contributed by atoms with Crippen LogP contribution in [0.25, 0.3) is 5.69 Å². The van der Waals surface area contributed by atoms with Gasteiger partial charge in [-0.25, -0.2) is 13.5 Å². The number of hydrogen-bond donors (Lipinski definition) is 0. The predicted octanol–water partition coefficient (Wildman–Crippen LogP) is 4.84. The number of aromatic nitrogens is 2. The molecule has 4 nitrogen and oxygen atoms in total. The lowest BCUT2D eigenvalue weighted by molar-refractivity contribution is -0.141. The number of benzene rings is 2. The minimum absolute atomic E-state index is 0.192. The fourth-order valence-corrected chi connectivity index (χ4v) is 2.63. The van der Waals surface area contributed by atoms with Gasteiger partial charge < -0.3 is 4.90 Å². The second-order valence-electron chi connectivity index (χ2n) is 5.84. The third-order valence-corrected chi connectivity index (χ3v) is 4.03. The van der Waals surface area contributed by atoms with E-state index in [-0.39, 0.29) is 17.8 Å². The standard InChI is InChI=1S/C19H14F5N3O/c1-2-26(14-7-8-15(20)16(21)11-14)18(28)12-3-5-13(6-4-12)27-10-9-17(25-27)19(22,23)24/h3-11H,2H2,1H3. The van der Waals surface area contributed by atoms with Crippen LogP contribution in [-0.4, -0.2) is 22.2 Å². The number of nitrogens with zero attached hydrogens (tertiary/aromatic N) is 3. The van der Waals surface area contributed by atoms with Gasteiger partial charge in [0.25, 0.3) is 5.91 Å². The minimum atomic E-state index is -4.55. The first-order valence-corrected chi connectivity index (χ1v) is 8.21. The molecule has 9 heteroatoms. The van der Waals surface area contributed by atoms with Crippen LogP contribution in [0.1, 0.15) is 23.0 Å². The van der Waals surface area contributed by atoms with E-state index in [9.17, 15) is 26.7 Å². The van der Waals surface area contributed by atoms with E-state index < -0.39 is 29.4 Å². The van der Waals surface area contributed by atoms with Gasteiger partial charge in [0.15, 0.2) is 17.3 Å². The zero-order valence-corrected chi connectivity index (χ0v) is 14.5. The van der Waals surface area contributed by atoms with E-state index in [0.29, 0.717) is 5.69 Å². The van der Waals surface area contributed by atoms with E-state index in [4.69, 9.17) is 0 Å². The molecule has 0 unspecified atom stereocenters. The van der Waals surface area contributed by atoms with E-state index in [1.807, 2.05) is 0 Å². The van der Waals surface area contributed by atoms with Crippen LogP contribution >= 0.6 is 0 Å². The Bertz CT molecular complexity index is 996. The van der Waals surface area contributed by atoms with Gasteiger partial charge >= 0.3 is 6.18 Å². The first-order valence-electron chi connectivity index (χ1n) is 8.21. The summed E-state index contributed by atoms with van der Waals surface area (Å²) < 4.78 is 65.6. The van der Waals surface area contributed by atoms with Gasteiger partial charge in [-0.3, -0.25) is 4.79 Å². The normalized spacial score (nSPS) is 11.5. The van der Waals surface area contributed by atoms with Crippen LogP contribution < -0.4 is 4.90 Å². The van der Waals surface area contributed by atoms with E-state index in [0.717, 1.165) is 22.9 Å². The maximum absolute atomic E-state index is 13.5. The molecule has 146 valence electrons. The Morgan fingerprint density at radius 3 is 2.25 bits per heavy atom. The highest BCUT2D eigenvalue weighted by Crippen LogP contribution is 2.28. The van der Waals surface area contributed by atoms with Gasteiger partial charge in [0.05, 0.1) is 5.69 Å². The summed E-state index contributed by atoms with van der Waals surface area (Å²) in [6, 6.07) is 9.73. The topological polar surface area (TPSA) is 38.1 Å². The molecular weight excluding hydrogens is 381 g/mol. The lowest BCUT2D eigenvalue weighted by atomic mass is 10.1. The maximum Gasteiger partial charge on any atom is 0.435 e. The first kappa shape index (κ1) is 19.5. The first-order chi connectivity index (χ1) is 13.2. The zero-order chi connectivity index (χ0) is 20.5. The van der Waals surface area contributed by atoms with E-state index in [1.165, 1.54) is 41.4 Å². The van der Waals surface area contributed by atoms with E-state index in [1.54, 1.807) is 6.92 Å². The molecule has 0 spiro atoms. The number of anilines is 1. The maximum atomic E-state index is 13.5. The summed E-state index contributed by atoms with van der Waals surface area (Å²) in [6.07, 6.45) is -3.38. The molecule has 3 rings (SSSR count). The van der Waals surface area contributed by atoms with Gasteiger partial charge in [-0.1, -0.05) is 0 Å². The number of carbonyl (C=O) groups is 1. The quantitative estimate of drug-likeness (QED) is 0.593. The average molecular weight is 395 g/mol. The highest BCUT2D eigenvalue weighted by atomic mass is 19.4. The monoisotopic (exact) mass is 395 g/mol. The number of carbonyl (C=O) groups excluding carboxylic acids is 1. The van der Waals surface area contributed by atoms with Gasteiger partial charge in [0.1, 0.15) is 0 Å². The number of halogens is 5. The molecule has 0 atom stereocenters. The Morgan fingerprint density at radius 2 is 1.71 bits per heavy atom. The van der Waals surface area contributed by atoms with Crippen molar-refractivity contribution in [1.82, 2.24) is 9.78 Å². The van der Waals surface area contributed by atoms with Crippen LogP contribution in [-0.2, 0) is 6.18 Å². The highest BCUT2D eigenvalue weighted by molar-refractivity contribution is 6.06. The van der Waals surface area contributed by atoms with Crippen LogP contribution in [0.2, 0.25) is 0 Å². The molecule has 0 radical (unpaired) electrons. The molecule has 1 aromatic heterocycles. The van der Waals surface area contributed by atoms with Crippen molar-refractivity contribution in [1.29, 1.82) is 0 Å². The molecule has 0 N–H and O–H groups in total. The summed E-state index contributed by atoms with van der Waals surface area (Å²) in [5, 5.41) is 3.46. The minimum Gasteiger partial charge on any atom is -0.309 e. The summed E-state index contributed by atoms with van der Waals surface area (Å²) in [5.41, 5.74) is -0.262. The molecule has 0 aliphatic heterocycles. The fourth-order valence-electron chi connectivity index (χ4n) is 2.63. The van der Waals surface area contributed by atoms with Crippen molar-refractivity contribution in [2.24, 2.45) is 0 Å². The molecule has 0 saturated carbocycles. The van der Waals surface area contributed by atoms with E-state index in [2.05, 4.69) is 5.10 Å². The van der Waals surface area contributed by atoms with Crippen LogP contribution in [0.5, 0.6) is 0 Å². The molecule has 28 heavy (non-hydrogen) atoms. The molecule has 1 amide bonds. The molecule has 3 aromatic rings. The Morgan fingerprint density at radius 1 is 1.04 bits per heavy atom. The molecule has 0 aliphatic carbocycles. The van der Waals surface area contributed by atoms with Gasteiger partial charge in [0, 0.05) is 30.1 Å². The summed E-state index contributed by atoms with van der Waals surface area (Å²) in [5.74, 6) is -2.55. The Kier molecular flexibility index (Phi) is 5.17. The van der Waals surface area contributed by atoms with Gasteiger partial charge in [-0.15, -0.1) is 0 Å². The van der Waals surface area contributed by atoms with Crippen molar-refractivity contribution in [2.75, 3.05) is 11.4 Å². The summed E-state index contributed by atoms with van der Waals surface area (Å²) >= 11 is 0. The smallest absolute Gasteiger partial charge is 0.309 e. The largest absolute Gasteiger partial charge is 0.435 e. The molecular formula is C19H14F5N3O. The average Bonchev–Trinajstić information content (AvgIpc) is 3.16. The summed E-state index contributed by atoms with van der Waals surface area (Å²) in [6.45, 7) is 1.88. The molecule has 0 fully saturated rings. The van der Waals surface area contributed by atoms with Crippen molar-refractivity contribution in [3.63, 3.8) is 0 Å². The van der Waals surface area contributed by atoms with Crippen LogP contribution in [0.4, 0.5) is 27.6 Å². The summed E-state index contributed by atoms with van der Waals surface area (Å²) in [7, 11) is 0. The third kappa shape index (κ3) is 3.88.